The molecule has 0 bridgehead atoms. The molecule has 8 aromatic carbocycles. The number of thiophene rings is 1. The second-order valence-corrected chi connectivity index (χ2v) is 14.7. The van der Waals surface area contributed by atoms with Crippen LogP contribution in [0.5, 0.6) is 0 Å². The molecule has 3 nitrogen and oxygen atoms in total. The van der Waals surface area contributed by atoms with Crippen LogP contribution < -0.4 is 0 Å². The summed E-state index contributed by atoms with van der Waals surface area (Å²) in [5, 5.41) is 2.59. The fourth-order valence-electron chi connectivity index (χ4n) is 7.37. The van der Waals surface area contributed by atoms with Crippen LogP contribution in [-0.2, 0) is 0 Å². The molecule has 0 fully saturated rings. The van der Waals surface area contributed by atoms with Gasteiger partial charge in [0.05, 0.1) is 0 Å². The van der Waals surface area contributed by atoms with Gasteiger partial charge in [-0.3, -0.25) is 0 Å². The lowest BCUT2D eigenvalue weighted by atomic mass is 9.98. The Morgan fingerprint density at radius 2 is 0.691 bits per heavy atom. The number of nitrogens with zero attached hydrogens (tertiary/aromatic N) is 3. The first kappa shape index (κ1) is 32.6. The molecule has 0 saturated heterocycles. The minimum atomic E-state index is 0.628. The van der Waals surface area contributed by atoms with Crippen molar-refractivity contribution in [3.8, 4) is 78.7 Å². The van der Waals surface area contributed by atoms with E-state index in [0.29, 0.717) is 17.5 Å². The summed E-state index contributed by atoms with van der Waals surface area (Å²) in [7, 11) is 0. The summed E-state index contributed by atoms with van der Waals surface area (Å²) in [6.07, 6.45) is 0. The molecule has 10 aromatic rings. The van der Waals surface area contributed by atoms with Crippen LogP contribution in [0.1, 0.15) is 0 Å². The second kappa shape index (κ2) is 14.1. The maximum Gasteiger partial charge on any atom is 0.164 e. The number of rotatable bonds is 7. The van der Waals surface area contributed by atoms with E-state index in [1.165, 1.54) is 31.3 Å². The summed E-state index contributed by atoms with van der Waals surface area (Å²) in [5.74, 6) is 1.89. The number of benzene rings is 8. The fraction of sp³-hybridized carbons (Fsp3) is 0. The number of hydrogen-bond acceptors (Lipinski definition) is 4. The average molecular weight is 720 g/mol. The molecular weight excluding hydrogens is 687 g/mol. The Kier molecular flexibility index (Phi) is 8.36. The lowest BCUT2D eigenvalue weighted by Gasteiger charge is -2.13. The normalized spacial score (nSPS) is 11.3. The van der Waals surface area contributed by atoms with Crippen LogP contribution in [0, 0.1) is 0 Å². The zero-order valence-corrected chi connectivity index (χ0v) is 30.6. The van der Waals surface area contributed by atoms with E-state index in [-0.39, 0.29) is 0 Å². The molecule has 0 spiro atoms. The molecule has 2 heterocycles. The average Bonchev–Trinajstić information content (AvgIpc) is 3.65. The van der Waals surface area contributed by atoms with E-state index < -0.39 is 0 Å². The van der Waals surface area contributed by atoms with Gasteiger partial charge in [-0.05, 0) is 68.8 Å². The van der Waals surface area contributed by atoms with E-state index >= 15 is 0 Å². The fourth-order valence-corrected chi connectivity index (χ4v) is 8.51. The Hall–Kier alpha value is -7.01. The van der Waals surface area contributed by atoms with E-state index in [2.05, 4.69) is 188 Å². The predicted molar refractivity (Wildman–Crippen MR) is 231 cm³/mol. The molecule has 0 aliphatic heterocycles. The van der Waals surface area contributed by atoms with Gasteiger partial charge < -0.3 is 0 Å². The van der Waals surface area contributed by atoms with Crippen LogP contribution >= 0.6 is 11.3 Å². The van der Waals surface area contributed by atoms with Gasteiger partial charge in [-0.1, -0.05) is 176 Å². The molecule has 4 heteroatoms. The highest BCUT2D eigenvalue weighted by molar-refractivity contribution is 7.25. The van der Waals surface area contributed by atoms with Crippen molar-refractivity contribution < 1.29 is 0 Å². The van der Waals surface area contributed by atoms with Gasteiger partial charge in [0.15, 0.2) is 17.5 Å². The van der Waals surface area contributed by atoms with Crippen LogP contribution in [0.3, 0.4) is 0 Å². The lowest BCUT2D eigenvalue weighted by molar-refractivity contribution is 1.07. The molecule has 0 unspecified atom stereocenters. The summed E-state index contributed by atoms with van der Waals surface area (Å²) in [6.45, 7) is 0. The van der Waals surface area contributed by atoms with Crippen LogP contribution in [0.2, 0.25) is 0 Å². The third-order valence-electron chi connectivity index (χ3n) is 10.2. The Labute approximate surface area is 323 Å². The quantitative estimate of drug-likeness (QED) is 0.165. The minimum Gasteiger partial charge on any atom is -0.208 e. The first-order valence-corrected chi connectivity index (χ1v) is 19.2. The topological polar surface area (TPSA) is 38.7 Å². The van der Waals surface area contributed by atoms with Crippen molar-refractivity contribution in [2.75, 3.05) is 0 Å². The van der Waals surface area contributed by atoms with Crippen molar-refractivity contribution in [3.63, 3.8) is 0 Å². The van der Waals surface area contributed by atoms with E-state index in [1.54, 1.807) is 0 Å². The number of hydrogen-bond donors (Lipinski definition) is 0. The number of fused-ring (bicyclic) bond motifs is 3. The lowest BCUT2D eigenvalue weighted by Crippen LogP contribution is -2.01. The third kappa shape index (κ3) is 6.39. The molecular formula is C51H33N3S. The maximum absolute atomic E-state index is 5.20. The molecule has 0 saturated carbocycles. The van der Waals surface area contributed by atoms with Crippen LogP contribution in [-0.4, -0.2) is 15.0 Å². The third-order valence-corrected chi connectivity index (χ3v) is 11.3. The summed E-state index contributed by atoms with van der Waals surface area (Å²) in [6, 6.07) is 70.5. The zero-order chi connectivity index (χ0) is 36.6. The summed E-state index contributed by atoms with van der Waals surface area (Å²) in [5.41, 5.74) is 11.9. The zero-order valence-electron chi connectivity index (χ0n) is 29.8. The minimum absolute atomic E-state index is 0.628. The molecule has 2 aromatic heterocycles. The van der Waals surface area contributed by atoms with Gasteiger partial charge in [-0.25, -0.2) is 15.0 Å². The van der Waals surface area contributed by atoms with Crippen LogP contribution in [0.15, 0.2) is 200 Å². The van der Waals surface area contributed by atoms with Crippen molar-refractivity contribution in [2.24, 2.45) is 0 Å². The molecule has 0 amide bonds. The van der Waals surface area contributed by atoms with Gasteiger partial charge in [-0.15, -0.1) is 11.3 Å². The standard InChI is InChI=1S/C51H33N3S/c1-3-13-34(14-4-1)35-25-27-36(28-26-35)38-17-11-19-41(31-38)49-52-50(54-51(53-49)46-23-8-7-21-43(46)37-15-5-2-6-16-37)42-20-12-18-39(32-42)40-29-30-45-44-22-9-10-24-47(44)55-48(45)33-40/h1-33H. The van der Waals surface area contributed by atoms with Gasteiger partial charge >= 0.3 is 0 Å². The Balaban J connectivity index is 1.09. The molecule has 0 aliphatic carbocycles. The molecule has 0 radical (unpaired) electrons. The number of aromatic nitrogens is 3. The van der Waals surface area contributed by atoms with Crippen molar-refractivity contribution in [3.05, 3.63) is 200 Å². The van der Waals surface area contributed by atoms with E-state index in [9.17, 15) is 0 Å². The van der Waals surface area contributed by atoms with Gasteiger partial charge in [0.1, 0.15) is 0 Å². The van der Waals surface area contributed by atoms with Gasteiger partial charge in [0, 0.05) is 36.9 Å². The Morgan fingerprint density at radius 3 is 1.38 bits per heavy atom. The maximum atomic E-state index is 5.20. The molecule has 0 atom stereocenters. The molecule has 258 valence electrons. The first-order valence-electron chi connectivity index (χ1n) is 18.4. The molecule has 0 aliphatic rings. The molecule has 0 N–H and O–H groups in total. The highest BCUT2D eigenvalue weighted by Crippen LogP contribution is 2.38. The van der Waals surface area contributed by atoms with Gasteiger partial charge in [-0.2, -0.15) is 0 Å². The summed E-state index contributed by atoms with van der Waals surface area (Å²) in [4.78, 5) is 15.6. The highest BCUT2D eigenvalue weighted by atomic mass is 32.1. The largest absolute Gasteiger partial charge is 0.208 e. The molecule has 10 rings (SSSR count). The van der Waals surface area contributed by atoms with Crippen molar-refractivity contribution in [1.29, 1.82) is 0 Å². The van der Waals surface area contributed by atoms with Crippen molar-refractivity contribution >= 4 is 31.5 Å². The van der Waals surface area contributed by atoms with E-state index in [1.807, 2.05) is 23.5 Å². The van der Waals surface area contributed by atoms with Crippen molar-refractivity contribution in [1.82, 2.24) is 15.0 Å². The van der Waals surface area contributed by atoms with Crippen LogP contribution in [0.25, 0.3) is 98.8 Å². The van der Waals surface area contributed by atoms with Gasteiger partial charge in [0.2, 0.25) is 0 Å². The summed E-state index contributed by atoms with van der Waals surface area (Å²) >= 11 is 1.84. The van der Waals surface area contributed by atoms with Crippen molar-refractivity contribution in [2.45, 2.75) is 0 Å². The smallest absolute Gasteiger partial charge is 0.164 e. The monoisotopic (exact) mass is 719 g/mol. The van der Waals surface area contributed by atoms with E-state index in [4.69, 9.17) is 15.0 Å². The highest BCUT2D eigenvalue weighted by Gasteiger charge is 2.17. The summed E-state index contributed by atoms with van der Waals surface area (Å²) < 4.78 is 2.58. The van der Waals surface area contributed by atoms with Crippen LogP contribution in [0.4, 0.5) is 0 Å². The molecule has 55 heavy (non-hydrogen) atoms. The van der Waals surface area contributed by atoms with Gasteiger partial charge in [0.25, 0.3) is 0 Å². The first-order chi connectivity index (χ1) is 27.2. The Morgan fingerprint density at radius 1 is 0.255 bits per heavy atom. The predicted octanol–water partition coefficient (Wildman–Crippen LogP) is 13.9. The van der Waals surface area contributed by atoms with E-state index in [0.717, 1.165) is 50.1 Å². The second-order valence-electron chi connectivity index (χ2n) is 13.6. The SMILES string of the molecule is c1ccc(-c2ccc(-c3cccc(-c4nc(-c5cccc(-c6ccc7c(c6)sc6ccccc67)c5)nc(-c5ccccc5-c5ccccc5)n4)c3)cc2)cc1. The Bertz CT molecular complexity index is 2970.